The van der Waals surface area contributed by atoms with Crippen LogP contribution in [0.15, 0.2) is 48.5 Å². The van der Waals surface area contributed by atoms with Crippen molar-refractivity contribution < 1.29 is 9.90 Å². The summed E-state index contributed by atoms with van der Waals surface area (Å²) in [5.74, 6) is -0.781. The zero-order chi connectivity index (χ0) is 16.9. The van der Waals surface area contributed by atoms with Crippen LogP contribution in [-0.2, 0) is 11.3 Å². The number of carboxylic acids is 1. The van der Waals surface area contributed by atoms with E-state index in [1.165, 1.54) is 22.3 Å². The second kappa shape index (κ2) is 7.63. The maximum Gasteiger partial charge on any atom is 0.306 e. The van der Waals surface area contributed by atoms with Gasteiger partial charge in [-0.25, -0.2) is 0 Å². The molecule has 0 spiro atoms. The van der Waals surface area contributed by atoms with Gasteiger partial charge in [0.25, 0.3) is 0 Å². The number of hydrogen-bond donors (Lipinski definition) is 2. The molecule has 0 saturated heterocycles. The van der Waals surface area contributed by atoms with Crippen molar-refractivity contribution in [3.05, 3.63) is 59.7 Å². The van der Waals surface area contributed by atoms with E-state index < -0.39 is 5.97 Å². The number of nitrogens with one attached hydrogen (secondary N) is 1. The van der Waals surface area contributed by atoms with E-state index in [1.807, 2.05) is 0 Å². The van der Waals surface area contributed by atoms with Crippen LogP contribution in [0.1, 0.15) is 36.8 Å². The molecule has 0 aliphatic heterocycles. The molecule has 1 saturated carbocycles. The van der Waals surface area contributed by atoms with Gasteiger partial charge in [0.1, 0.15) is 0 Å². The molecule has 1 aliphatic rings. The van der Waals surface area contributed by atoms with Gasteiger partial charge in [-0.2, -0.15) is 0 Å². The fourth-order valence-corrected chi connectivity index (χ4v) is 3.45. The molecule has 2 aromatic rings. The summed E-state index contributed by atoms with van der Waals surface area (Å²) in [7, 11) is 0. The van der Waals surface area contributed by atoms with Crippen molar-refractivity contribution in [2.24, 2.45) is 5.92 Å². The van der Waals surface area contributed by atoms with Crippen LogP contribution < -0.4 is 5.32 Å². The quantitative estimate of drug-likeness (QED) is 0.857. The van der Waals surface area contributed by atoms with Gasteiger partial charge < -0.3 is 10.4 Å². The first-order chi connectivity index (χ1) is 11.6. The molecule has 1 aliphatic carbocycles. The van der Waals surface area contributed by atoms with Gasteiger partial charge in [-0.1, -0.05) is 54.1 Å². The number of rotatable bonds is 5. The van der Waals surface area contributed by atoms with E-state index in [0.717, 1.165) is 32.2 Å². The lowest BCUT2D eigenvalue weighted by Crippen LogP contribution is -2.34. The molecule has 0 bridgehead atoms. The van der Waals surface area contributed by atoms with Crippen LogP contribution in [0.4, 0.5) is 0 Å². The van der Waals surface area contributed by atoms with Gasteiger partial charge in [0, 0.05) is 12.6 Å². The van der Waals surface area contributed by atoms with Gasteiger partial charge in [0.2, 0.25) is 0 Å². The van der Waals surface area contributed by atoms with E-state index >= 15 is 0 Å². The third-order valence-corrected chi connectivity index (χ3v) is 4.98. The number of aryl methyl sites for hydroxylation is 1. The Morgan fingerprint density at radius 3 is 2.38 bits per heavy atom. The van der Waals surface area contributed by atoms with Gasteiger partial charge in [0.05, 0.1) is 5.92 Å². The fourth-order valence-electron chi connectivity index (χ4n) is 3.45. The number of hydrogen-bond acceptors (Lipinski definition) is 2. The molecule has 3 nitrogen and oxygen atoms in total. The highest BCUT2D eigenvalue weighted by Gasteiger charge is 2.25. The third kappa shape index (κ3) is 4.24. The maximum atomic E-state index is 11.0. The molecule has 126 valence electrons. The van der Waals surface area contributed by atoms with Crippen LogP contribution in [0.2, 0.25) is 0 Å². The average molecular weight is 323 g/mol. The molecule has 24 heavy (non-hydrogen) atoms. The van der Waals surface area contributed by atoms with Crippen molar-refractivity contribution >= 4 is 5.97 Å². The summed E-state index contributed by atoms with van der Waals surface area (Å²) in [6.07, 6.45) is 3.50. The Hall–Kier alpha value is -2.13. The minimum absolute atomic E-state index is 0.142. The lowest BCUT2D eigenvalue weighted by atomic mass is 9.86. The molecule has 2 N–H and O–H groups in total. The van der Waals surface area contributed by atoms with Crippen molar-refractivity contribution in [2.75, 3.05) is 0 Å². The van der Waals surface area contributed by atoms with Crippen LogP contribution in [0.5, 0.6) is 0 Å². The summed E-state index contributed by atoms with van der Waals surface area (Å²) in [4.78, 5) is 11.0. The lowest BCUT2D eigenvalue weighted by Gasteiger charge is -2.27. The molecule has 3 rings (SSSR count). The third-order valence-electron chi connectivity index (χ3n) is 4.98. The van der Waals surface area contributed by atoms with Gasteiger partial charge in [0.15, 0.2) is 0 Å². The van der Waals surface area contributed by atoms with Crippen molar-refractivity contribution in [3.8, 4) is 11.1 Å². The topological polar surface area (TPSA) is 49.3 Å². The van der Waals surface area contributed by atoms with Gasteiger partial charge in [-0.15, -0.1) is 0 Å². The molecule has 1 fully saturated rings. The summed E-state index contributed by atoms with van der Waals surface area (Å²) in [5, 5.41) is 12.6. The summed E-state index contributed by atoms with van der Waals surface area (Å²) in [5.41, 5.74) is 5.04. The number of carboxylic acid groups (broad SMARTS) is 1. The highest BCUT2D eigenvalue weighted by molar-refractivity contribution is 5.70. The van der Waals surface area contributed by atoms with E-state index in [-0.39, 0.29) is 5.92 Å². The minimum Gasteiger partial charge on any atom is -0.481 e. The zero-order valence-electron chi connectivity index (χ0n) is 14.2. The number of aliphatic carboxylic acids is 1. The van der Waals surface area contributed by atoms with Crippen LogP contribution >= 0.6 is 0 Å². The van der Waals surface area contributed by atoms with E-state index in [0.29, 0.717) is 6.04 Å². The van der Waals surface area contributed by atoms with Gasteiger partial charge >= 0.3 is 5.97 Å². The molecular weight excluding hydrogens is 298 g/mol. The molecule has 0 radical (unpaired) electrons. The van der Waals surface area contributed by atoms with E-state index in [1.54, 1.807) is 0 Å². The van der Waals surface area contributed by atoms with Crippen LogP contribution in [-0.4, -0.2) is 17.1 Å². The predicted molar refractivity (Wildman–Crippen MR) is 96.8 cm³/mol. The molecule has 0 amide bonds. The van der Waals surface area contributed by atoms with E-state index in [9.17, 15) is 4.79 Å². The predicted octanol–water partition coefficient (Wildman–Crippen LogP) is 4.40. The molecule has 0 atom stereocenters. The fraction of sp³-hybridized carbons (Fsp3) is 0.381. The van der Waals surface area contributed by atoms with Crippen LogP contribution in [0.3, 0.4) is 0 Å². The smallest absolute Gasteiger partial charge is 0.306 e. The number of carbonyl (C=O) groups is 1. The minimum atomic E-state index is -0.639. The van der Waals surface area contributed by atoms with Gasteiger partial charge in [-0.3, -0.25) is 4.79 Å². The Labute approximate surface area is 143 Å². The van der Waals surface area contributed by atoms with Crippen molar-refractivity contribution in [3.63, 3.8) is 0 Å². The van der Waals surface area contributed by atoms with E-state index in [4.69, 9.17) is 5.11 Å². The largest absolute Gasteiger partial charge is 0.481 e. The van der Waals surface area contributed by atoms with Crippen LogP contribution in [0.25, 0.3) is 11.1 Å². The summed E-state index contributed by atoms with van der Waals surface area (Å²) in [6.45, 7) is 2.96. The van der Waals surface area contributed by atoms with Crippen LogP contribution in [0, 0.1) is 12.8 Å². The molecule has 2 aromatic carbocycles. The lowest BCUT2D eigenvalue weighted by molar-refractivity contribution is -0.142. The summed E-state index contributed by atoms with van der Waals surface area (Å²) in [6, 6.07) is 17.7. The molecule has 0 heterocycles. The molecule has 3 heteroatoms. The Morgan fingerprint density at radius 2 is 1.75 bits per heavy atom. The summed E-state index contributed by atoms with van der Waals surface area (Å²) < 4.78 is 0. The molecule has 0 unspecified atom stereocenters. The van der Waals surface area contributed by atoms with Crippen molar-refractivity contribution in [1.82, 2.24) is 5.32 Å². The molecular formula is C21H25NO2. The number of benzene rings is 2. The second-order valence-corrected chi connectivity index (χ2v) is 6.83. The normalized spacial score (nSPS) is 20.7. The second-order valence-electron chi connectivity index (χ2n) is 6.83. The highest BCUT2D eigenvalue weighted by Crippen LogP contribution is 2.25. The first-order valence-electron chi connectivity index (χ1n) is 8.74. The Morgan fingerprint density at radius 1 is 1.04 bits per heavy atom. The van der Waals surface area contributed by atoms with Gasteiger partial charge in [-0.05, 0) is 49.3 Å². The SMILES string of the molecule is Cc1cccc(-c2ccc(CNC3CCC(C(=O)O)CC3)cc2)c1. The first-order valence-corrected chi connectivity index (χ1v) is 8.74. The monoisotopic (exact) mass is 323 g/mol. The Bertz CT molecular complexity index is 685. The van der Waals surface area contributed by atoms with E-state index in [2.05, 4.69) is 60.8 Å². The van der Waals surface area contributed by atoms with Crippen molar-refractivity contribution in [2.45, 2.75) is 45.2 Å². The Kier molecular flexibility index (Phi) is 5.31. The Balaban J connectivity index is 1.53. The maximum absolute atomic E-state index is 11.0. The standard InChI is InChI=1S/C21H25NO2/c1-15-3-2-4-19(13-15)17-7-5-16(6-8-17)14-22-20-11-9-18(10-12-20)21(23)24/h2-8,13,18,20,22H,9-12,14H2,1H3,(H,23,24). The average Bonchev–Trinajstić information content (AvgIpc) is 2.61. The zero-order valence-corrected chi connectivity index (χ0v) is 14.2. The summed E-state index contributed by atoms with van der Waals surface area (Å²) >= 11 is 0. The highest BCUT2D eigenvalue weighted by atomic mass is 16.4. The van der Waals surface area contributed by atoms with Crippen molar-refractivity contribution in [1.29, 1.82) is 0 Å². The first kappa shape index (κ1) is 16.7. The molecule has 0 aromatic heterocycles.